The van der Waals surface area contributed by atoms with Gasteiger partial charge in [-0.05, 0) is 18.6 Å². The molecule has 0 heterocycles. The van der Waals surface area contributed by atoms with Gasteiger partial charge in [0.15, 0.2) is 0 Å². The zero-order valence-electron chi connectivity index (χ0n) is 10.3. The molecule has 0 bridgehead atoms. The van der Waals surface area contributed by atoms with Gasteiger partial charge >= 0.3 is 0 Å². The second-order valence-corrected chi connectivity index (χ2v) is 3.11. The highest BCUT2D eigenvalue weighted by atomic mass is 16.3. The van der Waals surface area contributed by atoms with Gasteiger partial charge in [-0.3, -0.25) is 9.59 Å². The summed E-state index contributed by atoms with van der Waals surface area (Å²) < 4.78 is 0. The van der Waals surface area contributed by atoms with Crippen molar-refractivity contribution >= 4 is 11.8 Å². The van der Waals surface area contributed by atoms with Crippen LogP contribution >= 0.6 is 0 Å². The van der Waals surface area contributed by atoms with Crippen LogP contribution in [0.4, 0.5) is 0 Å². The number of nitrogens with one attached hydrogen (secondary N) is 1. The van der Waals surface area contributed by atoms with Gasteiger partial charge in [-0.15, -0.1) is 0 Å². The van der Waals surface area contributed by atoms with Crippen molar-refractivity contribution in [2.45, 2.75) is 6.42 Å². The Labute approximate surface area is 107 Å². The van der Waals surface area contributed by atoms with E-state index in [9.17, 15) is 9.59 Å². The molecule has 0 fully saturated rings. The Bertz CT molecular complexity index is 251. The van der Waals surface area contributed by atoms with E-state index in [0.717, 1.165) is 6.54 Å². The van der Waals surface area contributed by atoms with E-state index in [1.807, 2.05) is 0 Å². The van der Waals surface area contributed by atoms with Crippen LogP contribution in [-0.2, 0) is 9.59 Å². The Hall–Kier alpha value is -1.70. The topological polar surface area (TPSA) is 144 Å². The van der Waals surface area contributed by atoms with Crippen molar-refractivity contribution in [2.24, 2.45) is 17.2 Å². The number of hydrogen-bond donors (Lipinski definition) is 5. The molecule has 0 rings (SSSR count). The number of nitrogens with two attached hydrogens (primary N) is 3. The molecule has 0 saturated carbocycles. The minimum Gasteiger partial charge on any atom is -0.395 e. The first-order valence-corrected chi connectivity index (χ1v) is 5.48. The molecule has 0 aliphatic heterocycles. The summed E-state index contributed by atoms with van der Waals surface area (Å²) in [5, 5.41) is 11.1. The van der Waals surface area contributed by atoms with E-state index in [-0.39, 0.29) is 6.61 Å². The number of hydrogen-bond acceptors (Lipinski definition) is 5. The molecule has 0 aromatic rings. The van der Waals surface area contributed by atoms with Gasteiger partial charge in [0.2, 0.25) is 11.8 Å². The van der Waals surface area contributed by atoms with Crippen LogP contribution in [0.1, 0.15) is 6.42 Å². The third-order valence-corrected chi connectivity index (χ3v) is 1.45. The number of primary amides is 2. The third-order valence-electron chi connectivity index (χ3n) is 1.45. The molecule has 0 aromatic heterocycles. The van der Waals surface area contributed by atoms with Crippen LogP contribution in [0.2, 0.25) is 0 Å². The molecule has 0 unspecified atom stereocenters. The van der Waals surface area contributed by atoms with Gasteiger partial charge in [-0.2, -0.15) is 0 Å². The first-order chi connectivity index (χ1) is 8.54. The molecule has 8 N–H and O–H groups in total. The van der Waals surface area contributed by atoms with Crippen LogP contribution in [0, 0.1) is 0 Å². The number of carbonyl (C=O) groups excluding carboxylic acids is 2. The van der Waals surface area contributed by atoms with E-state index in [4.69, 9.17) is 22.3 Å². The Balaban J connectivity index is 0. The summed E-state index contributed by atoms with van der Waals surface area (Å²) in [5.41, 5.74) is 14.7. The molecule has 18 heavy (non-hydrogen) atoms. The van der Waals surface area contributed by atoms with E-state index < -0.39 is 11.8 Å². The minimum absolute atomic E-state index is 0.194. The fourth-order valence-electron chi connectivity index (χ4n) is 0.753. The van der Waals surface area contributed by atoms with Crippen molar-refractivity contribution in [2.75, 3.05) is 26.2 Å². The first-order valence-electron chi connectivity index (χ1n) is 5.48. The van der Waals surface area contributed by atoms with E-state index >= 15 is 0 Å². The van der Waals surface area contributed by atoms with Crippen LogP contribution in [-0.4, -0.2) is 43.2 Å². The van der Waals surface area contributed by atoms with Crippen LogP contribution < -0.4 is 22.5 Å². The third kappa shape index (κ3) is 23.8. The lowest BCUT2D eigenvalue weighted by molar-refractivity contribution is -0.114. The summed E-state index contributed by atoms with van der Waals surface area (Å²) in [6.07, 6.45) is 6.02. The number of carbonyl (C=O) groups is 2. The predicted molar refractivity (Wildman–Crippen MR) is 70.3 cm³/mol. The first kappa shape index (κ1) is 18.7. The zero-order chi connectivity index (χ0) is 14.2. The molecule has 0 radical (unpaired) electrons. The smallest absolute Gasteiger partial charge is 0.241 e. The van der Waals surface area contributed by atoms with Gasteiger partial charge in [-0.1, -0.05) is 12.2 Å². The normalized spacial score (nSPS) is 10.3. The number of aliphatic hydroxyl groups is 1. The lowest BCUT2D eigenvalue weighted by atomic mass is 10.3. The molecule has 7 heteroatoms. The molecule has 0 atom stereocenters. The standard InChI is InChI=1S/C7H10N2O2.C4H12N2O/c8-6(10)4-2-1-3-5-7(9)11;5-1-2-6-3-4-7/h2-5H,1H2,(H2,8,10)(H2,9,11);6-7H,1-5H2. The van der Waals surface area contributed by atoms with Crippen LogP contribution in [0.3, 0.4) is 0 Å². The highest BCUT2D eigenvalue weighted by molar-refractivity contribution is 5.86. The minimum atomic E-state index is -0.502. The molecule has 0 aromatic carbocycles. The molecule has 0 saturated heterocycles. The monoisotopic (exact) mass is 258 g/mol. The number of rotatable bonds is 8. The van der Waals surface area contributed by atoms with E-state index in [1.165, 1.54) is 12.2 Å². The van der Waals surface area contributed by atoms with Gasteiger partial charge in [-0.25, -0.2) is 0 Å². The Kier molecular flexibility index (Phi) is 15.9. The fraction of sp³-hybridized carbons (Fsp3) is 0.455. The average Bonchev–Trinajstić information content (AvgIpc) is 2.29. The molecular formula is C11H22N4O3. The maximum atomic E-state index is 10.1. The lowest BCUT2D eigenvalue weighted by Gasteiger charge is -1.95. The van der Waals surface area contributed by atoms with Crippen molar-refractivity contribution < 1.29 is 14.7 Å². The second-order valence-electron chi connectivity index (χ2n) is 3.11. The van der Waals surface area contributed by atoms with Gasteiger partial charge in [0.25, 0.3) is 0 Å². The van der Waals surface area contributed by atoms with E-state index in [0.29, 0.717) is 19.5 Å². The Morgan fingerprint density at radius 1 is 1.06 bits per heavy atom. The lowest BCUT2D eigenvalue weighted by Crippen LogP contribution is -2.24. The van der Waals surface area contributed by atoms with E-state index in [2.05, 4.69) is 5.32 Å². The summed E-state index contributed by atoms with van der Waals surface area (Å²) in [4.78, 5) is 20.2. The van der Waals surface area contributed by atoms with Gasteiger partial charge in [0.1, 0.15) is 0 Å². The fourth-order valence-corrected chi connectivity index (χ4v) is 0.753. The highest BCUT2D eigenvalue weighted by Gasteiger charge is 1.81. The molecule has 104 valence electrons. The van der Waals surface area contributed by atoms with Crippen molar-refractivity contribution in [1.82, 2.24) is 5.32 Å². The number of amides is 2. The van der Waals surface area contributed by atoms with Gasteiger partial charge in [0.05, 0.1) is 6.61 Å². The summed E-state index contributed by atoms with van der Waals surface area (Å²) >= 11 is 0. The maximum Gasteiger partial charge on any atom is 0.241 e. The summed E-state index contributed by atoms with van der Waals surface area (Å²) in [7, 11) is 0. The highest BCUT2D eigenvalue weighted by Crippen LogP contribution is 1.84. The molecule has 0 aliphatic carbocycles. The van der Waals surface area contributed by atoms with Crippen molar-refractivity contribution in [3.8, 4) is 0 Å². The zero-order valence-corrected chi connectivity index (χ0v) is 10.3. The average molecular weight is 258 g/mol. The molecule has 0 spiro atoms. The maximum absolute atomic E-state index is 10.1. The van der Waals surface area contributed by atoms with Gasteiger partial charge < -0.3 is 27.6 Å². The second kappa shape index (κ2) is 15.3. The molecule has 0 aliphatic rings. The summed E-state index contributed by atoms with van der Waals surface area (Å²) in [5.74, 6) is -1.00. The number of aliphatic hydroxyl groups excluding tert-OH is 1. The molecule has 2 amide bonds. The molecule has 7 nitrogen and oxygen atoms in total. The SMILES string of the molecule is NC(=O)C=CCC=CC(N)=O.NCCNCCO. The Morgan fingerprint density at radius 3 is 1.89 bits per heavy atom. The van der Waals surface area contributed by atoms with Crippen molar-refractivity contribution in [3.63, 3.8) is 0 Å². The van der Waals surface area contributed by atoms with Crippen LogP contribution in [0.15, 0.2) is 24.3 Å². The van der Waals surface area contributed by atoms with Gasteiger partial charge in [0, 0.05) is 19.6 Å². The summed E-state index contributed by atoms with van der Waals surface area (Å²) in [6.45, 7) is 2.28. The summed E-state index contributed by atoms with van der Waals surface area (Å²) in [6, 6.07) is 0. The van der Waals surface area contributed by atoms with E-state index in [1.54, 1.807) is 12.2 Å². The Morgan fingerprint density at radius 2 is 1.56 bits per heavy atom. The molecular weight excluding hydrogens is 236 g/mol. The number of allylic oxidation sites excluding steroid dienone is 2. The van der Waals surface area contributed by atoms with Crippen LogP contribution in [0.25, 0.3) is 0 Å². The quantitative estimate of drug-likeness (QED) is 0.252. The van der Waals surface area contributed by atoms with Crippen LogP contribution in [0.5, 0.6) is 0 Å². The largest absolute Gasteiger partial charge is 0.395 e. The van der Waals surface area contributed by atoms with Crippen molar-refractivity contribution in [3.05, 3.63) is 24.3 Å². The predicted octanol–water partition coefficient (Wildman–Crippen LogP) is -2.01. The van der Waals surface area contributed by atoms with Crippen molar-refractivity contribution in [1.29, 1.82) is 0 Å².